The van der Waals surface area contributed by atoms with Crippen molar-refractivity contribution < 1.29 is 9.18 Å². The lowest BCUT2D eigenvalue weighted by molar-refractivity contribution is 0.101. The van der Waals surface area contributed by atoms with Gasteiger partial charge in [-0.3, -0.25) is 4.79 Å². The number of ketones is 1. The maximum Gasteiger partial charge on any atom is 0.163 e. The van der Waals surface area contributed by atoms with E-state index in [4.69, 9.17) is 11.6 Å². The number of benzene rings is 1. The van der Waals surface area contributed by atoms with Gasteiger partial charge in [-0.15, -0.1) is 0 Å². The average Bonchev–Trinajstić information content (AvgIpc) is 2.10. The predicted molar refractivity (Wildman–Crippen MR) is 58.5 cm³/mol. The fourth-order valence-corrected chi connectivity index (χ4v) is 2.39. The van der Waals surface area contributed by atoms with Gasteiger partial charge in [0, 0.05) is 4.47 Å². The maximum absolute atomic E-state index is 13.5. The second-order valence-electron chi connectivity index (χ2n) is 2.92. The van der Waals surface area contributed by atoms with E-state index in [0.717, 1.165) is 0 Å². The van der Waals surface area contributed by atoms with Crippen LogP contribution in [-0.2, 0) is 6.42 Å². The van der Waals surface area contributed by atoms with Gasteiger partial charge < -0.3 is 0 Å². The first kappa shape index (κ1) is 11.7. The van der Waals surface area contributed by atoms with Gasteiger partial charge in [-0.05, 0) is 25.0 Å². The number of rotatable bonds is 2. The van der Waals surface area contributed by atoms with Crippen LogP contribution in [0.15, 0.2) is 10.5 Å². The van der Waals surface area contributed by atoms with Gasteiger partial charge in [-0.25, -0.2) is 4.39 Å². The van der Waals surface area contributed by atoms with E-state index >= 15 is 0 Å². The summed E-state index contributed by atoms with van der Waals surface area (Å²) in [7, 11) is 0. The van der Waals surface area contributed by atoms with Crippen LogP contribution in [0.2, 0.25) is 5.02 Å². The highest BCUT2D eigenvalue weighted by molar-refractivity contribution is 9.10. The zero-order valence-corrected chi connectivity index (χ0v) is 10.2. The van der Waals surface area contributed by atoms with Crippen LogP contribution in [0.1, 0.15) is 29.8 Å². The molecule has 0 amide bonds. The van der Waals surface area contributed by atoms with Crippen molar-refractivity contribution >= 4 is 33.3 Å². The van der Waals surface area contributed by atoms with E-state index in [1.54, 1.807) is 0 Å². The van der Waals surface area contributed by atoms with Crippen molar-refractivity contribution in [3.63, 3.8) is 0 Å². The molecule has 0 spiro atoms. The van der Waals surface area contributed by atoms with Crippen LogP contribution in [0.4, 0.5) is 4.39 Å². The average molecular weight is 280 g/mol. The molecule has 14 heavy (non-hydrogen) atoms. The van der Waals surface area contributed by atoms with Gasteiger partial charge in [0.1, 0.15) is 0 Å². The molecule has 0 aromatic heterocycles. The van der Waals surface area contributed by atoms with Gasteiger partial charge in [0.05, 0.1) is 10.6 Å². The van der Waals surface area contributed by atoms with Crippen LogP contribution >= 0.6 is 27.5 Å². The van der Waals surface area contributed by atoms with E-state index in [2.05, 4.69) is 15.9 Å². The number of carbonyl (C=O) groups is 1. The Kier molecular flexibility index (Phi) is 3.67. The standard InChI is InChI=1S/C10H9BrClFO/c1-3-6-7(11)4-8(12)10(13)9(6)5(2)14/h4H,3H2,1-2H3. The normalized spacial score (nSPS) is 10.4. The number of hydrogen-bond acceptors (Lipinski definition) is 1. The van der Waals surface area contributed by atoms with Crippen LogP contribution in [0.5, 0.6) is 0 Å². The summed E-state index contributed by atoms with van der Waals surface area (Å²) >= 11 is 8.89. The highest BCUT2D eigenvalue weighted by atomic mass is 79.9. The van der Waals surface area contributed by atoms with E-state index in [-0.39, 0.29) is 16.4 Å². The summed E-state index contributed by atoms with van der Waals surface area (Å²) in [4.78, 5) is 11.2. The smallest absolute Gasteiger partial charge is 0.163 e. The lowest BCUT2D eigenvalue weighted by Crippen LogP contribution is -2.04. The van der Waals surface area contributed by atoms with Gasteiger partial charge in [-0.1, -0.05) is 34.5 Å². The molecule has 0 fully saturated rings. The summed E-state index contributed by atoms with van der Waals surface area (Å²) in [5.74, 6) is -0.929. The first-order chi connectivity index (χ1) is 6.49. The lowest BCUT2D eigenvalue weighted by Gasteiger charge is -2.09. The largest absolute Gasteiger partial charge is 0.294 e. The first-order valence-corrected chi connectivity index (χ1v) is 5.33. The Morgan fingerprint density at radius 2 is 2.21 bits per heavy atom. The molecule has 1 nitrogen and oxygen atoms in total. The van der Waals surface area contributed by atoms with E-state index < -0.39 is 5.82 Å². The highest BCUT2D eigenvalue weighted by Gasteiger charge is 2.18. The molecule has 0 radical (unpaired) electrons. The molecule has 1 rings (SSSR count). The Bertz CT molecular complexity index is 390. The molecule has 4 heteroatoms. The van der Waals surface area contributed by atoms with Gasteiger partial charge in [-0.2, -0.15) is 0 Å². The maximum atomic E-state index is 13.5. The number of Topliss-reactive ketones (excluding diaryl/α,β-unsaturated/α-hetero) is 1. The molecular weight excluding hydrogens is 270 g/mol. The number of halogens is 3. The molecular formula is C10H9BrClFO. The van der Waals surface area contributed by atoms with Crippen molar-refractivity contribution in [2.75, 3.05) is 0 Å². The zero-order chi connectivity index (χ0) is 10.9. The van der Waals surface area contributed by atoms with Gasteiger partial charge in [0.25, 0.3) is 0 Å². The topological polar surface area (TPSA) is 17.1 Å². The van der Waals surface area contributed by atoms with Crippen LogP contribution in [0.25, 0.3) is 0 Å². The Hall–Kier alpha value is -0.410. The molecule has 0 aliphatic carbocycles. The summed E-state index contributed by atoms with van der Waals surface area (Å²) in [5.41, 5.74) is 0.756. The molecule has 1 aromatic carbocycles. The Morgan fingerprint density at radius 1 is 1.64 bits per heavy atom. The molecule has 0 atom stereocenters. The van der Waals surface area contributed by atoms with Gasteiger partial charge in [0.15, 0.2) is 11.6 Å². The molecule has 0 bridgehead atoms. The Labute approximate surface area is 95.4 Å². The molecule has 0 saturated heterocycles. The molecule has 0 aliphatic rings. The molecule has 0 saturated carbocycles. The second kappa shape index (κ2) is 4.41. The van der Waals surface area contributed by atoms with Crippen molar-refractivity contribution in [3.05, 3.63) is 32.5 Å². The van der Waals surface area contributed by atoms with Crippen LogP contribution < -0.4 is 0 Å². The second-order valence-corrected chi connectivity index (χ2v) is 4.18. The minimum Gasteiger partial charge on any atom is -0.294 e. The Morgan fingerprint density at radius 3 is 2.64 bits per heavy atom. The highest BCUT2D eigenvalue weighted by Crippen LogP contribution is 2.30. The van der Waals surface area contributed by atoms with Crippen molar-refractivity contribution in [2.24, 2.45) is 0 Å². The fourth-order valence-electron chi connectivity index (χ4n) is 1.35. The van der Waals surface area contributed by atoms with Crippen molar-refractivity contribution in [1.82, 2.24) is 0 Å². The third kappa shape index (κ3) is 1.98. The SMILES string of the molecule is CCc1c(Br)cc(Cl)c(F)c1C(C)=O. The Balaban J connectivity index is 3.56. The monoisotopic (exact) mass is 278 g/mol. The molecule has 0 N–H and O–H groups in total. The minimum atomic E-state index is -0.626. The van der Waals surface area contributed by atoms with Crippen molar-refractivity contribution in [1.29, 1.82) is 0 Å². The number of carbonyl (C=O) groups excluding carboxylic acids is 1. The van der Waals surface area contributed by atoms with Crippen LogP contribution in [0, 0.1) is 5.82 Å². The van der Waals surface area contributed by atoms with Gasteiger partial charge >= 0.3 is 0 Å². The zero-order valence-electron chi connectivity index (χ0n) is 7.83. The lowest BCUT2D eigenvalue weighted by atomic mass is 10.0. The van der Waals surface area contributed by atoms with E-state index in [1.165, 1.54) is 13.0 Å². The molecule has 1 aromatic rings. The summed E-state index contributed by atoms with van der Waals surface area (Å²) in [6, 6.07) is 1.47. The number of hydrogen-bond donors (Lipinski definition) is 0. The molecule has 0 aliphatic heterocycles. The van der Waals surface area contributed by atoms with Crippen molar-refractivity contribution in [2.45, 2.75) is 20.3 Å². The quantitative estimate of drug-likeness (QED) is 0.590. The summed E-state index contributed by atoms with van der Waals surface area (Å²) in [6.07, 6.45) is 0.587. The van der Waals surface area contributed by atoms with E-state index in [9.17, 15) is 9.18 Å². The third-order valence-electron chi connectivity index (χ3n) is 1.98. The van der Waals surface area contributed by atoms with Gasteiger partial charge in [0.2, 0.25) is 0 Å². The summed E-state index contributed by atoms with van der Waals surface area (Å²) < 4.78 is 14.2. The molecule has 76 valence electrons. The van der Waals surface area contributed by atoms with E-state index in [1.807, 2.05) is 6.92 Å². The molecule has 0 unspecified atom stereocenters. The van der Waals surface area contributed by atoms with E-state index in [0.29, 0.717) is 16.5 Å². The van der Waals surface area contributed by atoms with Crippen LogP contribution in [-0.4, -0.2) is 5.78 Å². The fraction of sp³-hybridized carbons (Fsp3) is 0.300. The van der Waals surface area contributed by atoms with Crippen LogP contribution in [0.3, 0.4) is 0 Å². The summed E-state index contributed by atoms with van der Waals surface area (Å²) in [5, 5.41) is -0.0284. The predicted octanol–water partition coefficient (Wildman–Crippen LogP) is 4.01. The summed E-state index contributed by atoms with van der Waals surface area (Å²) in [6.45, 7) is 3.19. The third-order valence-corrected chi connectivity index (χ3v) is 2.96. The minimum absolute atomic E-state index is 0.0284. The first-order valence-electron chi connectivity index (χ1n) is 4.16. The van der Waals surface area contributed by atoms with Crippen molar-refractivity contribution in [3.8, 4) is 0 Å². The molecule has 0 heterocycles.